The van der Waals surface area contributed by atoms with E-state index in [2.05, 4.69) is 42.5 Å². The van der Waals surface area contributed by atoms with Crippen molar-refractivity contribution in [3.05, 3.63) is 182 Å². The van der Waals surface area contributed by atoms with Gasteiger partial charge in [0.05, 0.1) is 11.0 Å². The zero-order valence-electron chi connectivity index (χ0n) is 35.1. The van der Waals surface area contributed by atoms with Crippen LogP contribution in [-0.4, -0.2) is 0 Å². The molecule has 1 heterocycles. The molecule has 0 aliphatic heterocycles. The van der Waals surface area contributed by atoms with Crippen LogP contribution in [0.4, 0.5) is 0 Å². The molecule has 1 heteroatoms. The fraction of sp³-hybridized carbons (Fsp3) is 0. The van der Waals surface area contributed by atoms with E-state index in [1.807, 2.05) is 84.9 Å². The molecule has 10 aromatic carbocycles. The fourth-order valence-electron chi connectivity index (χ4n) is 7.91. The molecule has 0 unspecified atom stereocenters. The first-order valence-electron chi connectivity index (χ1n) is 20.9. The Morgan fingerprint density at radius 2 is 0.922 bits per heavy atom. The van der Waals surface area contributed by atoms with Gasteiger partial charge in [0.15, 0.2) is 0 Å². The molecule has 0 saturated carbocycles. The minimum atomic E-state index is -0.440. The predicted molar refractivity (Wildman–Crippen MR) is 218 cm³/mol. The van der Waals surface area contributed by atoms with E-state index >= 15 is 0 Å². The number of furan rings is 1. The molecule has 11 aromatic rings. The van der Waals surface area contributed by atoms with Crippen molar-refractivity contribution in [2.24, 2.45) is 0 Å². The van der Waals surface area contributed by atoms with E-state index in [0.29, 0.717) is 38.8 Å². The molecule has 0 amide bonds. The zero-order chi connectivity index (χ0) is 40.4. The Kier molecular flexibility index (Phi) is 4.57. The number of fused-ring (bicyclic) bond motifs is 9. The van der Waals surface area contributed by atoms with Gasteiger partial charge in [-0.25, -0.2) is 0 Å². The van der Waals surface area contributed by atoms with Crippen molar-refractivity contribution < 1.29 is 15.4 Å². The standard InChI is InChI=1S/C50H30O/c1-2-12-36-30-47-45(29-35(36)11-1)50-43(18-9-19-46(50)51-47)49-41-16-7-5-14-39(41)48(40-15-6-8-17-42(40)49)34-25-20-31(21-26-34)37-27-24-33-23-22-32-10-3-4-13-38(32)44(33)28-37/h1-30H/i5D,6D,7D,8D,14D,15D,16D,17D. The predicted octanol–water partition coefficient (Wildman–Crippen LogP) is 14.4. The topological polar surface area (TPSA) is 13.1 Å². The zero-order valence-corrected chi connectivity index (χ0v) is 27.1. The van der Waals surface area contributed by atoms with Gasteiger partial charge in [0, 0.05) is 10.8 Å². The summed E-state index contributed by atoms with van der Waals surface area (Å²) >= 11 is 0. The Balaban J connectivity index is 1.25. The first-order valence-corrected chi connectivity index (χ1v) is 16.9. The molecule has 236 valence electrons. The number of rotatable bonds is 3. The minimum Gasteiger partial charge on any atom is -0.456 e. The lowest BCUT2D eigenvalue weighted by molar-refractivity contribution is 0.669. The summed E-state index contributed by atoms with van der Waals surface area (Å²) in [5.74, 6) is 0. The number of hydrogen-bond donors (Lipinski definition) is 0. The summed E-state index contributed by atoms with van der Waals surface area (Å²) in [5, 5.41) is 8.63. The highest BCUT2D eigenvalue weighted by atomic mass is 16.3. The van der Waals surface area contributed by atoms with Crippen LogP contribution in [0.1, 0.15) is 11.0 Å². The molecule has 11 rings (SSSR count). The van der Waals surface area contributed by atoms with Crippen molar-refractivity contribution in [1.82, 2.24) is 0 Å². The van der Waals surface area contributed by atoms with Crippen molar-refractivity contribution in [3.8, 4) is 33.4 Å². The van der Waals surface area contributed by atoms with Gasteiger partial charge in [0.1, 0.15) is 11.2 Å². The van der Waals surface area contributed by atoms with Gasteiger partial charge in [-0.1, -0.05) is 158 Å². The molecule has 0 N–H and O–H groups in total. The maximum absolute atomic E-state index is 9.48. The van der Waals surface area contributed by atoms with E-state index in [9.17, 15) is 5.48 Å². The first-order chi connectivity index (χ1) is 28.6. The highest BCUT2D eigenvalue weighted by Crippen LogP contribution is 2.47. The van der Waals surface area contributed by atoms with Gasteiger partial charge in [-0.15, -0.1) is 0 Å². The summed E-state index contributed by atoms with van der Waals surface area (Å²) in [5.41, 5.74) is 4.76. The van der Waals surface area contributed by atoms with Crippen molar-refractivity contribution in [2.75, 3.05) is 0 Å². The van der Waals surface area contributed by atoms with Gasteiger partial charge in [-0.2, -0.15) is 0 Å². The van der Waals surface area contributed by atoms with Crippen molar-refractivity contribution >= 4 is 75.8 Å². The first kappa shape index (κ1) is 21.4. The molecule has 0 aliphatic carbocycles. The second kappa shape index (κ2) is 10.9. The highest BCUT2D eigenvalue weighted by molar-refractivity contribution is 6.26. The minimum absolute atomic E-state index is 0.164. The van der Waals surface area contributed by atoms with Crippen LogP contribution in [0.25, 0.3) is 109 Å². The molecule has 0 radical (unpaired) electrons. The Morgan fingerprint density at radius 3 is 1.65 bits per heavy atom. The third-order valence-electron chi connectivity index (χ3n) is 10.3. The summed E-state index contributed by atoms with van der Waals surface area (Å²) in [6.07, 6.45) is 0. The van der Waals surface area contributed by atoms with Crippen LogP contribution in [-0.2, 0) is 0 Å². The summed E-state index contributed by atoms with van der Waals surface area (Å²) in [7, 11) is 0. The van der Waals surface area contributed by atoms with Crippen molar-refractivity contribution in [2.45, 2.75) is 0 Å². The van der Waals surface area contributed by atoms with E-state index in [1.165, 1.54) is 0 Å². The van der Waals surface area contributed by atoms with Crippen LogP contribution in [0.5, 0.6) is 0 Å². The van der Waals surface area contributed by atoms with Crippen LogP contribution < -0.4 is 0 Å². The highest BCUT2D eigenvalue weighted by Gasteiger charge is 2.20. The van der Waals surface area contributed by atoms with E-state index in [4.69, 9.17) is 9.90 Å². The van der Waals surface area contributed by atoms with Crippen LogP contribution in [0.15, 0.2) is 186 Å². The second-order valence-electron chi connectivity index (χ2n) is 13.0. The molecule has 0 atom stereocenters. The average Bonchev–Trinajstić information content (AvgIpc) is 3.64. The van der Waals surface area contributed by atoms with Crippen molar-refractivity contribution in [1.29, 1.82) is 0 Å². The average molecular weight is 655 g/mol. The molecule has 0 fully saturated rings. The molecular formula is C50H30O. The van der Waals surface area contributed by atoms with Crippen molar-refractivity contribution in [3.63, 3.8) is 0 Å². The second-order valence-corrected chi connectivity index (χ2v) is 13.0. The third-order valence-corrected chi connectivity index (χ3v) is 10.3. The lowest BCUT2D eigenvalue weighted by atomic mass is 9.84. The third kappa shape index (κ3) is 4.28. The Morgan fingerprint density at radius 1 is 0.353 bits per heavy atom. The number of hydrogen-bond acceptors (Lipinski definition) is 1. The van der Waals surface area contributed by atoms with Crippen LogP contribution >= 0.6 is 0 Å². The van der Waals surface area contributed by atoms with Gasteiger partial charge in [-0.05, 0) is 112 Å². The molecule has 51 heavy (non-hydrogen) atoms. The van der Waals surface area contributed by atoms with E-state index in [0.717, 1.165) is 48.8 Å². The summed E-state index contributed by atoms with van der Waals surface area (Å²) in [6.45, 7) is 0. The molecule has 1 aromatic heterocycles. The molecule has 0 saturated heterocycles. The Bertz CT molecular complexity index is 3560. The summed E-state index contributed by atoms with van der Waals surface area (Å²) in [4.78, 5) is 0. The van der Waals surface area contributed by atoms with Gasteiger partial charge >= 0.3 is 0 Å². The molecular weight excluding hydrogens is 617 g/mol. The SMILES string of the molecule is [2H]c1c([2H])c([2H])c2c(-c3cccc4oc5cc6ccccc6cc5c34)c3c([2H])c([2H])c([2H])c([2H])c3c(-c3ccc(-c4ccc5ccc6ccccc6c5c4)cc3)c2c1[2H]. The molecule has 0 spiro atoms. The van der Waals surface area contributed by atoms with Gasteiger partial charge in [-0.3, -0.25) is 0 Å². The lowest BCUT2D eigenvalue weighted by Crippen LogP contribution is -1.91. The molecule has 0 aliphatic rings. The summed E-state index contributed by atoms with van der Waals surface area (Å²) in [6, 6.07) is 40.9. The normalized spacial score (nSPS) is 14.1. The lowest BCUT2D eigenvalue weighted by Gasteiger charge is -2.18. The molecule has 1 nitrogen and oxygen atoms in total. The van der Waals surface area contributed by atoms with E-state index < -0.39 is 24.2 Å². The maximum Gasteiger partial charge on any atom is 0.136 e. The summed E-state index contributed by atoms with van der Waals surface area (Å²) < 4.78 is 79.8. The van der Waals surface area contributed by atoms with Gasteiger partial charge in [0.25, 0.3) is 0 Å². The fourth-order valence-corrected chi connectivity index (χ4v) is 7.91. The van der Waals surface area contributed by atoms with E-state index in [-0.39, 0.29) is 45.7 Å². The van der Waals surface area contributed by atoms with Crippen LogP contribution in [0.3, 0.4) is 0 Å². The number of benzene rings is 10. The van der Waals surface area contributed by atoms with Gasteiger partial charge < -0.3 is 4.42 Å². The quantitative estimate of drug-likeness (QED) is 0.136. The Labute approximate surface area is 305 Å². The van der Waals surface area contributed by atoms with E-state index in [1.54, 1.807) is 6.07 Å². The van der Waals surface area contributed by atoms with Crippen LogP contribution in [0.2, 0.25) is 0 Å². The maximum atomic E-state index is 9.48. The Hall–Kier alpha value is -6.70. The largest absolute Gasteiger partial charge is 0.456 e. The van der Waals surface area contributed by atoms with Crippen LogP contribution in [0, 0.1) is 0 Å². The smallest absolute Gasteiger partial charge is 0.136 e. The van der Waals surface area contributed by atoms with Gasteiger partial charge in [0.2, 0.25) is 0 Å². The monoisotopic (exact) mass is 654 g/mol. The molecule has 0 bridgehead atoms.